The highest BCUT2D eigenvalue weighted by Gasteiger charge is 2.25. The molecule has 2 aromatic carbocycles. The summed E-state index contributed by atoms with van der Waals surface area (Å²) < 4.78 is 33.1. The zero-order valence-corrected chi connectivity index (χ0v) is 16.6. The maximum atomic E-state index is 12.7. The molecule has 0 radical (unpaired) electrons. The number of aromatic nitrogens is 1. The van der Waals surface area contributed by atoms with Crippen LogP contribution in [0.3, 0.4) is 0 Å². The largest absolute Gasteiger partial charge is 0.360 e. The summed E-state index contributed by atoms with van der Waals surface area (Å²) in [5.74, 6) is 0.961. The number of anilines is 1. The van der Waals surface area contributed by atoms with Gasteiger partial charge in [-0.3, -0.25) is 4.72 Å². The standard InChI is InChI=1S/C18H17ClN2O3S2/c1-12-18(13(2)24-20-12)26(22,23)21-16-5-3-4-6-17(16)25-11-14-7-9-15(19)10-8-14/h3-10,21H,11H2,1-2H3. The summed E-state index contributed by atoms with van der Waals surface area (Å²) >= 11 is 7.45. The highest BCUT2D eigenvalue weighted by Crippen LogP contribution is 2.32. The molecule has 0 bridgehead atoms. The molecule has 0 amide bonds. The molecule has 0 spiro atoms. The molecule has 0 aliphatic carbocycles. The van der Waals surface area contributed by atoms with Crippen LogP contribution < -0.4 is 4.72 Å². The molecule has 26 heavy (non-hydrogen) atoms. The molecule has 8 heteroatoms. The summed E-state index contributed by atoms with van der Waals surface area (Å²) in [6.07, 6.45) is 0. The number of benzene rings is 2. The summed E-state index contributed by atoms with van der Waals surface area (Å²) in [7, 11) is -3.78. The Morgan fingerprint density at radius 3 is 2.46 bits per heavy atom. The Bertz CT molecular complexity index is 996. The third kappa shape index (κ3) is 4.23. The van der Waals surface area contributed by atoms with Crippen molar-refractivity contribution in [3.63, 3.8) is 0 Å². The number of nitrogens with zero attached hydrogens (tertiary/aromatic N) is 1. The van der Waals surface area contributed by atoms with Crippen molar-refractivity contribution in [2.45, 2.75) is 29.4 Å². The van der Waals surface area contributed by atoms with Crippen LogP contribution in [0.15, 0.2) is 62.8 Å². The lowest BCUT2D eigenvalue weighted by atomic mass is 10.2. The van der Waals surface area contributed by atoms with Gasteiger partial charge >= 0.3 is 0 Å². The van der Waals surface area contributed by atoms with Crippen molar-refractivity contribution in [3.8, 4) is 0 Å². The van der Waals surface area contributed by atoms with Crippen LogP contribution in [0.2, 0.25) is 5.02 Å². The first kappa shape index (κ1) is 18.8. The molecular weight excluding hydrogens is 392 g/mol. The highest BCUT2D eigenvalue weighted by molar-refractivity contribution is 7.98. The molecule has 3 rings (SSSR count). The van der Waals surface area contributed by atoms with E-state index in [0.717, 1.165) is 10.5 Å². The van der Waals surface area contributed by atoms with Gasteiger partial charge in [0.1, 0.15) is 5.69 Å². The second-order valence-electron chi connectivity index (χ2n) is 5.67. The number of para-hydroxylation sites is 1. The lowest BCUT2D eigenvalue weighted by molar-refractivity contribution is 0.390. The van der Waals surface area contributed by atoms with Gasteiger partial charge in [-0.2, -0.15) is 0 Å². The summed E-state index contributed by atoms with van der Waals surface area (Å²) in [6.45, 7) is 3.18. The van der Waals surface area contributed by atoms with Gasteiger partial charge in [-0.1, -0.05) is 41.0 Å². The molecule has 0 saturated carbocycles. The molecule has 1 N–H and O–H groups in total. The van der Waals surface area contributed by atoms with Crippen LogP contribution in [0.5, 0.6) is 0 Å². The van der Waals surface area contributed by atoms with Crippen molar-refractivity contribution >= 4 is 39.1 Å². The normalized spacial score (nSPS) is 11.5. The quantitative estimate of drug-likeness (QED) is 0.578. The number of thioether (sulfide) groups is 1. The van der Waals surface area contributed by atoms with Crippen LogP contribution in [-0.4, -0.2) is 13.6 Å². The Morgan fingerprint density at radius 1 is 1.12 bits per heavy atom. The third-order valence-electron chi connectivity index (χ3n) is 3.68. The first-order valence-corrected chi connectivity index (χ1v) is 10.6. The Balaban J connectivity index is 1.82. The van der Waals surface area contributed by atoms with E-state index in [2.05, 4.69) is 9.88 Å². The zero-order chi connectivity index (χ0) is 18.7. The minimum Gasteiger partial charge on any atom is -0.360 e. The number of halogens is 1. The van der Waals surface area contributed by atoms with Crippen molar-refractivity contribution in [3.05, 3.63) is 70.6 Å². The number of hydrogen-bond acceptors (Lipinski definition) is 5. The summed E-state index contributed by atoms with van der Waals surface area (Å²) in [5.41, 5.74) is 1.95. The fourth-order valence-corrected chi connectivity index (χ4v) is 5.04. The molecule has 3 aromatic rings. The van der Waals surface area contributed by atoms with E-state index in [1.165, 1.54) is 0 Å². The van der Waals surface area contributed by atoms with Gasteiger partial charge in [0.05, 0.1) is 5.69 Å². The van der Waals surface area contributed by atoms with Crippen LogP contribution >= 0.6 is 23.4 Å². The smallest absolute Gasteiger partial charge is 0.267 e. The van der Waals surface area contributed by atoms with E-state index < -0.39 is 10.0 Å². The lowest BCUT2D eigenvalue weighted by Gasteiger charge is -2.12. The lowest BCUT2D eigenvalue weighted by Crippen LogP contribution is -2.15. The fourth-order valence-electron chi connectivity index (χ4n) is 2.47. The van der Waals surface area contributed by atoms with Crippen LogP contribution in [0.25, 0.3) is 0 Å². The molecule has 0 atom stereocenters. The van der Waals surface area contributed by atoms with E-state index >= 15 is 0 Å². The van der Waals surface area contributed by atoms with Crippen molar-refractivity contribution < 1.29 is 12.9 Å². The van der Waals surface area contributed by atoms with Gasteiger partial charge in [-0.25, -0.2) is 8.42 Å². The van der Waals surface area contributed by atoms with E-state index in [9.17, 15) is 8.42 Å². The number of aryl methyl sites for hydroxylation is 2. The van der Waals surface area contributed by atoms with Crippen molar-refractivity contribution in [1.82, 2.24) is 5.16 Å². The molecular formula is C18H17ClN2O3S2. The average Bonchev–Trinajstić information content (AvgIpc) is 2.94. The molecule has 0 fully saturated rings. The number of hydrogen-bond donors (Lipinski definition) is 1. The molecule has 0 unspecified atom stereocenters. The predicted molar refractivity (Wildman–Crippen MR) is 104 cm³/mol. The molecule has 5 nitrogen and oxygen atoms in total. The first-order valence-electron chi connectivity index (χ1n) is 7.79. The van der Waals surface area contributed by atoms with Gasteiger partial charge in [-0.05, 0) is 43.7 Å². The monoisotopic (exact) mass is 408 g/mol. The minimum atomic E-state index is -3.78. The molecule has 0 aliphatic rings. The molecule has 0 aliphatic heterocycles. The van der Waals surface area contributed by atoms with Crippen LogP contribution in [0.4, 0.5) is 5.69 Å². The van der Waals surface area contributed by atoms with Crippen LogP contribution in [0.1, 0.15) is 17.0 Å². The molecule has 1 heterocycles. The van der Waals surface area contributed by atoms with E-state index in [4.69, 9.17) is 16.1 Å². The number of rotatable bonds is 6. The molecule has 0 saturated heterocycles. The van der Waals surface area contributed by atoms with Crippen LogP contribution in [-0.2, 0) is 15.8 Å². The topological polar surface area (TPSA) is 72.2 Å². The fraction of sp³-hybridized carbons (Fsp3) is 0.167. The van der Waals surface area contributed by atoms with Crippen molar-refractivity contribution in [2.75, 3.05) is 4.72 Å². The van der Waals surface area contributed by atoms with Gasteiger partial charge in [-0.15, -0.1) is 11.8 Å². The van der Waals surface area contributed by atoms with E-state index in [1.807, 2.05) is 36.4 Å². The van der Waals surface area contributed by atoms with Crippen LogP contribution in [0, 0.1) is 13.8 Å². The van der Waals surface area contributed by atoms with Gasteiger partial charge < -0.3 is 4.52 Å². The SMILES string of the molecule is Cc1noc(C)c1S(=O)(=O)Nc1ccccc1SCc1ccc(Cl)cc1. The first-order chi connectivity index (χ1) is 12.4. The van der Waals surface area contributed by atoms with Gasteiger partial charge in [0.25, 0.3) is 10.0 Å². The number of nitrogens with one attached hydrogen (secondary N) is 1. The highest BCUT2D eigenvalue weighted by atomic mass is 35.5. The maximum Gasteiger partial charge on any atom is 0.267 e. The summed E-state index contributed by atoms with van der Waals surface area (Å²) in [4.78, 5) is 0.910. The maximum absolute atomic E-state index is 12.7. The van der Waals surface area contributed by atoms with Crippen molar-refractivity contribution in [2.24, 2.45) is 0 Å². The average molecular weight is 409 g/mol. The molecule has 136 valence electrons. The second kappa shape index (κ2) is 7.73. The second-order valence-corrected chi connectivity index (χ2v) is 8.74. The van der Waals surface area contributed by atoms with E-state index in [-0.39, 0.29) is 10.7 Å². The third-order valence-corrected chi connectivity index (χ3v) is 6.68. The summed E-state index contributed by atoms with van der Waals surface area (Å²) in [6, 6.07) is 14.9. The Labute approximate surface area is 161 Å². The number of sulfonamides is 1. The van der Waals surface area contributed by atoms with E-state index in [1.54, 1.807) is 37.7 Å². The van der Waals surface area contributed by atoms with Crippen molar-refractivity contribution in [1.29, 1.82) is 0 Å². The van der Waals surface area contributed by atoms with Gasteiger partial charge in [0.15, 0.2) is 10.7 Å². The Hall–Kier alpha value is -1.96. The Morgan fingerprint density at radius 2 is 1.81 bits per heavy atom. The summed E-state index contributed by atoms with van der Waals surface area (Å²) in [5, 5.41) is 4.41. The van der Waals surface area contributed by atoms with E-state index in [0.29, 0.717) is 22.2 Å². The zero-order valence-electron chi connectivity index (χ0n) is 14.2. The Kier molecular flexibility index (Phi) is 5.60. The van der Waals surface area contributed by atoms with Gasteiger partial charge in [0, 0.05) is 15.7 Å². The van der Waals surface area contributed by atoms with Gasteiger partial charge in [0.2, 0.25) is 0 Å². The molecule has 1 aromatic heterocycles. The predicted octanol–water partition coefficient (Wildman–Crippen LogP) is 5.04. The minimum absolute atomic E-state index is 0.0787.